The van der Waals surface area contributed by atoms with Gasteiger partial charge < -0.3 is 10.6 Å². The van der Waals surface area contributed by atoms with Crippen LogP contribution < -0.4 is 10.6 Å². The molecular weight excluding hydrogens is 238 g/mol. The van der Waals surface area contributed by atoms with Crippen molar-refractivity contribution in [3.63, 3.8) is 0 Å². The van der Waals surface area contributed by atoms with Gasteiger partial charge in [-0.1, -0.05) is 0 Å². The highest BCUT2D eigenvalue weighted by atomic mass is 15.2. The van der Waals surface area contributed by atoms with Crippen LogP contribution in [0.1, 0.15) is 18.1 Å². The fraction of sp³-hybridized carbons (Fsp3) is 0.357. The lowest BCUT2D eigenvalue weighted by atomic mass is 10.1. The number of nitrogens with zero attached hydrogens (tertiary/aromatic N) is 4. The number of pyridine rings is 1. The maximum atomic E-state index is 5.75. The van der Waals surface area contributed by atoms with E-state index in [1.807, 2.05) is 43.4 Å². The minimum Gasteiger partial charge on any atom is -0.340 e. The molecule has 0 saturated heterocycles. The summed E-state index contributed by atoms with van der Waals surface area (Å²) in [5.74, 6) is 0.713. The topological polar surface area (TPSA) is 67.9 Å². The molecule has 0 aliphatic rings. The van der Waals surface area contributed by atoms with Gasteiger partial charge in [-0.15, -0.1) is 0 Å². The summed E-state index contributed by atoms with van der Waals surface area (Å²) in [6, 6.07) is 4.10. The molecule has 0 fully saturated rings. The Hall–Kier alpha value is -2.01. The second-order valence-electron chi connectivity index (χ2n) is 4.78. The third-order valence-electron chi connectivity index (χ3n) is 2.76. The van der Waals surface area contributed by atoms with E-state index in [9.17, 15) is 0 Å². The Morgan fingerprint density at radius 1 is 1.16 bits per heavy atom. The Morgan fingerprint density at radius 2 is 1.79 bits per heavy atom. The van der Waals surface area contributed by atoms with Crippen molar-refractivity contribution in [2.24, 2.45) is 5.73 Å². The Bertz CT molecular complexity index is 495. The number of hydrogen-bond acceptors (Lipinski definition) is 5. The van der Waals surface area contributed by atoms with Crippen LogP contribution >= 0.6 is 0 Å². The number of aromatic nitrogens is 3. The van der Waals surface area contributed by atoms with E-state index < -0.39 is 0 Å². The van der Waals surface area contributed by atoms with Gasteiger partial charge in [0.25, 0.3) is 0 Å². The first-order chi connectivity index (χ1) is 9.15. The molecule has 1 unspecified atom stereocenters. The molecule has 0 saturated carbocycles. The highest BCUT2D eigenvalue weighted by Crippen LogP contribution is 2.10. The summed E-state index contributed by atoms with van der Waals surface area (Å²) in [6.45, 7) is 2.73. The third kappa shape index (κ3) is 3.99. The molecule has 0 spiro atoms. The zero-order valence-electron chi connectivity index (χ0n) is 11.3. The first-order valence-electron chi connectivity index (χ1n) is 6.31. The van der Waals surface area contributed by atoms with Crippen LogP contribution in [0.25, 0.3) is 0 Å². The lowest BCUT2D eigenvalue weighted by molar-refractivity contribution is 0.730. The lowest BCUT2D eigenvalue weighted by Crippen LogP contribution is -2.20. The molecule has 2 rings (SSSR count). The van der Waals surface area contributed by atoms with Crippen molar-refractivity contribution >= 4 is 5.95 Å². The normalized spacial score (nSPS) is 12.2. The van der Waals surface area contributed by atoms with Crippen LogP contribution in [-0.4, -0.2) is 28.0 Å². The van der Waals surface area contributed by atoms with E-state index in [0.717, 1.165) is 18.5 Å². The van der Waals surface area contributed by atoms with Crippen LogP contribution in [0.3, 0.4) is 0 Å². The fourth-order valence-corrected chi connectivity index (χ4v) is 1.86. The van der Waals surface area contributed by atoms with Gasteiger partial charge in [-0.25, -0.2) is 9.97 Å². The van der Waals surface area contributed by atoms with Gasteiger partial charge in [0.05, 0.1) is 0 Å². The molecule has 0 aliphatic carbocycles. The first kappa shape index (κ1) is 13.4. The van der Waals surface area contributed by atoms with Gasteiger partial charge >= 0.3 is 0 Å². The minimum atomic E-state index is 0.129. The molecule has 5 heteroatoms. The van der Waals surface area contributed by atoms with Crippen molar-refractivity contribution in [1.29, 1.82) is 0 Å². The molecule has 100 valence electrons. The smallest absolute Gasteiger partial charge is 0.225 e. The monoisotopic (exact) mass is 257 g/mol. The second-order valence-corrected chi connectivity index (χ2v) is 4.78. The van der Waals surface area contributed by atoms with Gasteiger partial charge in [0.1, 0.15) is 0 Å². The van der Waals surface area contributed by atoms with E-state index in [0.29, 0.717) is 5.95 Å². The molecule has 0 aliphatic heterocycles. The summed E-state index contributed by atoms with van der Waals surface area (Å²) in [6.07, 6.45) is 8.06. The number of rotatable bonds is 5. The highest BCUT2D eigenvalue weighted by molar-refractivity contribution is 5.30. The molecule has 0 radical (unpaired) electrons. The van der Waals surface area contributed by atoms with Crippen LogP contribution in [0.4, 0.5) is 5.95 Å². The summed E-state index contributed by atoms with van der Waals surface area (Å²) in [4.78, 5) is 14.8. The van der Waals surface area contributed by atoms with E-state index in [-0.39, 0.29) is 6.04 Å². The van der Waals surface area contributed by atoms with Gasteiger partial charge in [0.2, 0.25) is 5.95 Å². The van der Waals surface area contributed by atoms with Crippen molar-refractivity contribution in [2.45, 2.75) is 25.9 Å². The molecule has 2 aromatic heterocycles. The second kappa shape index (κ2) is 6.24. The summed E-state index contributed by atoms with van der Waals surface area (Å²) < 4.78 is 0. The van der Waals surface area contributed by atoms with E-state index >= 15 is 0 Å². The molecule has 2 aromatic rings. The fourth-order valence-electron chi connectivity index (χ4n) is 1.86. The zero-order chi connectivity index (χ0) is 13.7. The average Bonchev–Trinajstić information content (AvgIpc) is 2.40. The van der Waals surface area contributed by atoms with Crippen LogP contribution in [0.2, 0.25) is 0 Å². The SMILES string of the molecule is CC(N)Cc1cnc(N(C)Cc2ccncc2)nc1. The Kier molecular flexibility index (Phi) is 4.41. The number of nitrogens with two attached hydrogens (primary N) is 1. The van der Waals surface area contributed by atoms with Crippen molar-refractivity contribution in [3.05, 3.63) is 48.0 Å². The first-order valence-corrected chi connectivity index (χ1v) is 6.31. The maximum Gasteiger partial charge on any atom is 0.225 e. The highest BCUT2D eigenvalue weighted by Gasteiger charge is 2.06. The Balaban J connectivity index is 2.01. The summed E-state index contributed by atoms with van der Waals surface area (Å²) in [5, 5.41) is 0. The Morgan fingerprint density at radius 3 is 2.37 bits per heavy atom. The molecule has 2 heterocycles. The van der Waals surface area contributed by atoms with Crippen molar-refractivity contribution in [2.75, 3.05) is 11.9 Å². The minimum absolute atomic E-state index is 0.129. The van der Waals surface area contributed by atoms with Crippen molar-refractivity contribution < 1.29 is 0 Å². The van der Waals surface area contributed by atoms with E-state index in [1.165, 1.54) is 5.56 Å². The standard InChI is InChI=1S/C14H19N5/c1-11(15)7-13-8-17-14(18-9-13)19(2)10-12-3-5-16-6-4-12/h3-6,8-9,11H,7,10,15H2,1-2H3. The zero-order valence-corrected chi connectivity index (χ0v) is 11.3. The van der Waals surface area contributed by atoms with E-state index in [4.69, 9.17) is 5.73 Å². The largest absolute Gasteiger partial charge is 0.340 e. The van der Waals surface area contributed by atoms with Gasteiger partial charge in [-0.3, -0.25) is 4.98 Å². The number of anilines is 1. The molecule has 2 N–H and O–H groups in total. The molecule has 0 aromatic carbocycles. The summed E-state index contributed by atoms with van der Waals surface area (Å²) in [5.41, 5.74) is 8.00. The molecule has 5 nitrogen and oxygen atoms in total. The van der Waals surface area contributed by atoms with Crippen LogP contribution in [0, 0.1) is 0 Å². The van der Waals surface area contributed by atoms with Crippen LogP contribution in [0.15, 0.2) is 36.9 Å². The molecular formula is C14H19N5. The number of hydrogen-bond donors (Lipinski definition) is 1. The average molecular weight is 257 g/mol. The van der Waals surface area contributed by atoms with Gasteiger partial charge in [0, 0.05) is 44.4 Å². The predicted octanol–water partition coefficient (Wildman–Crippen LogP) is 1.40. The predicted molar refractivity (Wildman–Crippen MR) is 75.7 cm³/mol. The lowest BCUT2D eigenvalue weighted by Gasteiger charge is -2.17. The quantitative estimate of drug-likeness (QED) is 0.877. The van der Waals surface area contributed by atoms with E-state index in [2.05, 4.69) is 15.0 Å². The van der Waals surface area contributed by atoms with Crippen LogP contribution in [0.5, 0.6) is 0 Å². The summed E-state index contributed by atoms with van der Waals surface area (Å²) >= 11 is 0. The molecule has 19 heavy (non-hydrogen) atoms. The van der Waals surface area contributed by atoms with Crippen molar-refractivity contribution in [1.82, 2.24) is 15.0 Å². The molecule has 1 atom stereocenters. The Labute approximate surface area is 113 Å². The van der Waals surface area contributed by atoms with E-state index in [1.54, 1.807) is 12.4 Å². The summed E-state index contributed by atoms with van der Waals surface area (Å²) in [7, 11) is 1.97. The third-order valence-corrected chi connectivity index (χ3v) is 2.76. The molecule has 0 amide bonds. The van der Waals surface area contributed by atoms with Crippen LogP contribution in [-0.2, 0) is 13.0 Å². The van der Waals surface area contributed by atoms with Gasteiger partial charge in [-0.05, 0) is 36.6 Å². The van der Waals surface area contributed by atoms with Gasteiger partial charge in [0.15, 0.2) is 0 Å². The van der Waals surface area contributed by atoms with Crippen molar-refractivity contribution in [3.8, 4) is 0 Å². The molecule has 0 bridgehead atoms. The maximum absolute atomic E-state index is 5.75. The van der Waals surface area contributed by atoms with Gasteiger partial charge in [-0.2, -0.15) is 0 Å².